The van der Waals surface area contributed by atoms with Gasteiger partial charge >= 0.3 is 0 Å². The zero-order valence-electron chi connectivity index (χ0n) is 31.7. The van der Waals surface area contributed by atoms with Crippen molar-refractivity contribution in [1.82, 2.24) is 19.6 Å². The monoisotopic (exact) mass is 748 g/mol. The van der Waals surface area contributed by atoms with Crippen molar-refractivity contribution >= 4 is 17.3 Å². The molecule has 3 aromatic heterocycles. The van der Waals surface area contributed by atoms with Crippen LogP contribution in [-0.4, -0.2) is 150 Å². The van der Waals surface area contributed by atoms with Gasteiger partial charge in [-0.2, -0.15) is 9.61 Å². The summed E-state index contributed by atoms with van der Waals surface area (Å²) in [6.07, 6.45) is 8.29. The first-order chi connectivity index (χ1) is 26.2. The van der Waals surface area contributed by atoms with Crippen molar-refractivity contribution in [2.75, 3.05) is 123 Å². The van der Waals surface area contributed by atoms with E-state index in [2.05, 4.69) is 33.3 Å². The molecule has 1 saturated heterocycles. The molecule has 0 spiro atoms. The average Bonchev–Trinajstić information content (AvgIpc) is 3.62. The number of hydrogen-bond acceptors (Lipinski definition) is 15. The Hall–Kier alpha value is -3.19. The molecule has 3 aromatic rings. The Morgan fingerprint density at radius 1 is 0.830 bits per heavy atom. The van der Waals surface area contributed by atoms with Gasteiger partial charge in [0.15, 0.2) is 11.9 Å². The number of nitrogens with zero attached hydrogens (tertiary/aromatic N) is 5. The summed E-state index contributed by atoms with van der Waals surface area (Å²) < 4.78 is 50.7. The van der Waals surface area contributed by atoms with Gasteiger partial charge in [0.1, 0.15) is 18.2 Å². The summed E-state index contributed by atoms with van der Waals surface area (Å²) in [5.74, 6) is 2.33. The summed E-state index contributed by atoms with van der Waals surface area (Å²) in [7, 11) is 3.14. The molecule has 1 aliphatic heterocycles. The van der Waals surface area contributed by atoms with Crippen LogP contribution in [0.2, 0.25) is 0 Å². The third kappa shape index (κ3) is 15.2. The van der Waals surface area contributed by atoms with Gasteiger partial charge in [0.2, 0.25) is 5.88 Å². The van der Waals surface area contributed by atoms with Gasteiger partial charge in [0.25, 0.3) is 0 Å². The summed E-state index contributed by atoms with van der Waals surface area (Å²) in [6, 6.07) is 6.22. The largest absolute Gasteiger partial charge is 0.475 e. The second kappa shape index (κ2) is 25.8. The van der Waals surface area contributed by atoms with Crippen molar-refractivity contribution in [1.29, 1.82) is 0 Å². The van der Waals surface area contributed by atoms with E-state index in [4.69, 9.17) is 47.6 Å². The zero-order valence-corrected chi connectivity index (χ0v) is 31.7. The summed E-state index contributed by atoms with van der Waals surface area (Å²) in [6.45, 7) is 9.83. The number of pyridine rings is 1. The molecule has 1 atom stereocenters. The van der Waals surface area contributed by atoms with Crippen LogP contribution < -0.4 is 15.0 Å². The van der Waals surface area contributed by atoms with Crippen molar-refractivity contribution in [3.8, 4) is 5.88 Å². The molecule has 2 N–H and O–H groups in total. The third-order valence-corrected chi connectivity index (χ3v) is 8.68. The fraction of sp³-hybridized carbons (Fsp3) is 0.703. The first-order valence-electron chi connectivity index (χ1n) is 18.8. The number of aryl methyl sites for hydroxylation is 1. The van der Waals surface area contributed by atoms with Crippen molar-refractivity contribution in [3.63, 3.8) is 0 Å². The van der Waals surface area contributed by atoms with Crippen LogP contribution in [0.15, 0.2) is 30.6 Å². The van der Waals surface area contributed by atoms with Gasteiger partial charge in [0.05, 0.1) is 85.5 Å². The van der Waals surface area contributed by atoms with Gasteiger partial charge < -0.3 is 58.0 Å². The highest BCUT2D eigenvalue weighted by atomic mass is 16.7. The van der Waals surface area contributed by atoms with Gasteiger partial charge in [-0.05, 0) is 37.7 Å². The lowest BCUT2D eigenvalue weighted by molar-refractivity contribution is -0.143. The van der Waals surface area contributed by atoms with E-state index in [1.165, 1.54) is 6.42 Å². The average molecular weight is 749 g/mol. The number of nitrogens with one attached hydrogen (secondary N) is 1. The van der Waals surface area contributed by atoms with E-state index in [0.717, 1.165) is 60.6 Å². The molecule has 16 heteroatoms. The van der Waals surface area contributed by atoms with E-state index in [1.54, 1.807) is 14.2 Å². The standard InChI is InChI=1S/C37H60N6O10/c1-4-31-28-40-43-33(25-34(41-37(31)43)42-11-6-5-7-32(42)10-12-44)38-26-30-8-9-35(39-27-30)53-24-23-51-20-19-49-16-15-47-13-14-48-17-18-50-21-22-52-29-36(45-2)46-3/h8-9,25,27-28,32,36,38,44H,4-7,10-24,26,29H2,1-3H3/t32-/m0/s1. The molecule has 1 fully saturated rings. The molecule has 0 aliphatic carbocycles. The molecule has 0 amide bonds. The van der Waals surface area contributed by atoms with Crippen LogP contribution in [0.25, 0.3) is 5.65 Å². The smallest absolute Gasteiger partial charge is 0.213 e. The van der Waals surface area contributed by atoms with Gasteiger partial charge in [-0.1, -0.05) is 13.0 Å². The second-order valence-electron chi connectivity index (χ2n) is 12.4. The number of piperidine rings is 1. The maximum atomic E-state index is 9.65. The number of methoxy groups -OCH3 is 2. The Labute approximate surface area is 313 Å². The topological polar surface area (TPSA) is 162 Å². The van der Waals surface area contributed by atoms with Crippen molar-refractivity contribution in [2.24, 2.45) is 0 Å². The molecule has 0 unspecified atom stereocenters. The summed E-state index contributed by atoms with van der Waals surface area (Å²) in [4.78, 5) is 11.8. The lowest BCUT2D eigenvalue weighted by atomic mass is 9.99. The number of aliphatic hydroxyl groups excluding tert-OH is 1. The summed E-state index contributed by atoms with van der Waals surface area (Å²) in [5, 5.41) is 17.8. The van der Waals surface area contributed by atoms with E-state index in [9.17, 15) is 5.11 Å². The minimum Gasteiger partial charge on any atom is -0.475 e. The van der Waals surface area contributed by atoms with Crippen molar-refractivity contribution in [3.05, 3.63) is 41.7 Å². The normalized spacial score (nSPS) is 14.8. The fourth-order valence-electron chi connectivity index (χ4n) is 5.78. The molecule has 4 rings (SSSR count). The van der Waals surface area contributed by atoms with Gasteiger partial charge in [-0.15, -0.1) is 0 Å². The molecular formula is C37H60N6O10. The van der Waals surface area contributed by atoms with Gasteiger partial charge in [0, 0.05) is 63.9 Å². The minimum absolute atomic E-state index is 0.176. The van der Waals surface area contributed by atoms with E-state index < -0.39 is 0 Å². The molecule has 1 aliphatic rings. The number of aromatic nitrogens is 4. The first kappa shape index (κ1) is 42.6. The van der Waals surface area contributed by atoms with E-state index in [-0.39, 0.29) is 18.9 Å². The number of anilines is 2. The number of fused-ring (bicyclic) bond motifs is 1. The quantitative estimate of drug-likeness (QED) is 0.0755. The Kier molecular flexibility index (Phi) is 20.7. The number of ether oxygens (including phenoxy) is 9. The predicted molar refractivity (Wildman–Crippen MR) is 199 cm³/mol. The zero-order chi connectivity index (χ0) is 37.4. The number of hydrogen-bond donors (Lipinski definition) is 2. The van der Waals surface area contributed by atoms with E-state index in [0.29, 0.717) is 98.3 Å². The number of aliphatic hydroxyl groups is 1. The molecular weight excluding hydrogens is 688 g/mol. The Bertz CT molecular complexity index is 1380. The fourth-order valence-corrected chi connectivity index (χ4v) is 5.78. The predicted octanol–water partition coefficient (Wildman–Crippen LogP) is 3.14. The molecule has 0 aromatic carbocycles. The highest BCUT2D eigenvalue weighted by molar-refractivity contribution is 5.61. The molecule has 16 nitrogen and oxygen atoms in total. The van der Waals surface area contributed by atoms with Crippen LogP contribution in [0.5, 0.6) is 5.88 Å². The first-order valence-corrected chi connectivity index (χ1v) is 18.8. The second-order valence-corrected chi connectivity index (χ2v) is 12.4. The van der Waals surface area contributed by atoms with Gasteiger partial charge in [-0.25, -0.2) is 9.97 Å². The van der Waals surface area contributed by atoms with E-state index >= 15 is 0 Å². The van der Waals surface area contributed by atoms with Gasteiger partial charge in [-0.3, -0.25) is 0 Å². The maximum Gasteiger partial charge on any atom is 0.213 e. The maximum absolute atomic E-state index is 9.65. The highest BCUT2D eigenvalue weighted by Gasteiger charge is 2.25. The SMILES string of the molecule is CCc1cnn2c(NCc3ccc(OCCOCCOCCOCCOCCOCCOCC(OC)OC)nc3)cc(N3CCCC[C@H]3CCO)nc12. The van der Waals surface area contributed by atoms with Crippen LogP contribution >= 0.6 is 0 Å². The Morgan fingerprint density at radius 3 is 2.06 bits per heavy atom. The summed E-state index contributed by atoms with van der Waals surface area (Å²) >= 11 is 0. The minimum atomic E-state index is -0.357. The molecule has 0 radical (unpaired) electrons. The van der Waals surface area contributed by atoms with Crippen LogP contribution in [0.3, 0.4) is 0 Å². The van der Waals surface area contributed by atoms with E-state index in [1.807, 2.05) is 29.0 Å². The van der Waals surface area contributed by atoms with Crippen molar-refractivity contribution < 1.29 is 47.7 Å². The molecule has 0 saturated carbocycles. The Morgan fingerprint density at radius 2 is 1.47 bits per heavy atom. The molecule has 4 heterocycles. The van der Waals surface area contributed by atoms with Crippen LogP contribution in [0.1, 0.15) is 43.7 Å². The van der Waals surface area contributed by atoms with Crippen LogP contribution in [-0.2, 0) is 50.9 Å². The van der Waals surface area contributed by atoms with Crippen LogP contribution in [0, 0.1) is 0 Å². The highest BCUT2D eigenvalue weighted by Crippen LogP contribution is 2.29. The molecule has 298 valence electrons. The lowest BCUT2D eigenvalue weighted by Crippen LogP contribution is -2.40. The third-order valence-electron chi connectivity index (χ3n) is 8.68. The number of rotatable bonds is 30. The molecule has 0 bridgehead atoms. The molecule has 53 heavy (non-hydrogen) atoms. The summed E-state index contributed by atoms with van der Waals surface area (Å²) in [5.41, 5.74) is 2.97. The Balaban J connectivity index is 1.02. The van der Waals surface area contributed by atoms with Crippen molar-refractivity contribution in [2.45, 2.75) is 57.9 Å². The van der Waals surface area contributed by atoms with Crippen LogP contribution in [0.4, 0.5) is 11.6 Å². The lowest BCUT2D eigenvalue weighted by Gasteiger charge is -2.36.